The maximum absolute atomic E-state index is 12.9. The van der Waals surface area contributed by atoms with Gasteiger partial charge in [-0.15, -0.1) is 0 Å². The van der Waals surface area contributed by atoms with Crippen molar-refractivity contribution in [3.63, 3.8) is 0 Å². The number of carbonyl (C=O) groups excluding carboxylic acids is 2. The summed E-state index contributed by atoms with van der Waals surface area (Å²) in [5.74, 6) is -0.655. The topological polar surface area (TPSA) is 389 Å². The lowest BCUT2D eigenvalue weighted by Crippen LogP contribution is -2.35. The number of primary amides is 1. The van der Waals surface area contributed by atoms with Gasteiger partial charge in [-0.2, -0.15) is 37.3 Å². The van der Waals surface area contributed by atoms with Crippen LogP contribution in [0.1, 0.15) is 70.8 Å². The van der Waals surface area contributed by atoms with Gasteiger partial charge in [0.2, 0.25) is 56.0 Å². The molecule has 3 N–H and O–H groups in total. The summed E-state index contributed by atoms with van der Waals surface area (Å²) in [5, 5.41) is 31.7. The molecule has 11 aromatic carbocycles. The molecule has 0 aliphatic carbocycles. The van der Waals surface area contributed by atoms with E-state index >= 15 is 0 Å². The number of aldehydes is 1. The standard InChI is InChI=1S/C19H24N2O3S.C15H16N2O3S.2C15H14N2O2S.C15H15NO3S.C7H4ClNO2S.H2NP/c1-20(15-17-6-3-2-4-7-17)25(22,23)19-9-5-8-18(14-19)16-21-10-12-24-13-11-21;1-17(11-12-6-3-2-4-7-12)21(19,20)14-9-5-8-13(10-14)15(16)18;2*1-17(12-13-6-3-2-4-7-13)20(18,19)15-9-5-8-14(10-15)11-16;1-16(11-13-6-3-2-4-7-13)20(18,19)15-9-5-8-14(10-15)12-17;8-12(10,11)7-3-1-2-6(4-7)5-9;1-2/h2-9,14H,10-13,15-16H2,1H3;2-10H,11H2,1H3,(H2,16,18);2*2-10H,12H2,1H3;2-10,12H,11H2,1H3;1-4H;1-2H. The van der Waals surface area contributed by atoms with Crippen LogP contribution in [0.3, 0.4) is 0 Å². The van der Waals surface area contributed by atoms with Gasteiger partial charge in [-0.05, 0) is 139 Å². The minimum absolute atomic E-state index is 0.0526. The van der Waals surface area contributed by atoms with Crippen LogP contribution in [0.2, 0.25) is 0 Å². The van der Waals surface area contributed by atoms with Gasteiger partial charge in [-0.25, -0.2) is 50.5 Å². The van der Waals surface area contributed by atoms with Gasteiger partial charge < -0.3 is 10.5 Å². The molecule has 626 valence electrons. The first kappa shape index (κ1) is 97.7. The van der Waals surface area contributed by atoms with Gasteiger partial charge in [0, 0.05) is 109 Å². The normalized spacial score (nSPS) is 12.2. The zero-order valence-electron chi connectivity index (χ0n) is 66.0. The van der Waals surface area contributed by atoms with Gasteiger partial charge in [0.1, 0.15) is 6.29 Å². The first-order chi connectivity index (χ1) is 57.1. The molecule has 1 saturated heterocycles. The summed E-state index contributed by atoms with van der Waals surface area (Å²) < 4.78 is 159. The van der Waals surface area contributed by atoms with Gasteiger partial charge in [-0.3, -0.25) is 19.7 Å². The van der Waals surface area contributed by atoms with Crippen LogP contribution in [0.25, 0.3) is 0 Å². The van der Waals surface area contributed by atoms with Crippen molar-refractivity contribution in [2.24, 2.45) is 5.73 Å². The number of nitrogens with two attached hydrogens (primary N) is 1. The van der Waals surface area contributed by atoms with Gasteiger partial charge >= 0.3 is 0 Å². The van der Waals surface area contributed by atoms with Crippen LogP contribution >= 0.6 is 19.7 Å². The number of amides is 1. The van der Waals surface area contributed by atoms with E-state index in [9.17, 15) is 60.1 Å². The van der Waals surface area contributed by atoms with Crippen LogP contribution in [0.15, 0.2) is 327 Å². The van der Waals surface area contributed by atoms with E-state index in [0.717, 1.165) is 66.2 Å². The molecule has 0 bridgehead atoms. The maximum atomic E-state index is 12.9. The monoisotopic (exact) mass is 1770 g/mol. The second-order valence-corrected chi connectivity index (χ2v) is 39.0. The van der Waals surface area contributed by atoms with E-state index in [1.54, 1.807) is 55.6 Å². The molecule has 120 heavy (non-hydrogen) atoms. The smallest absolute Gasteiger partial charge is 0.261 e. The lowest BCUT2D eigenvalue weighted by atomic mass is 10.2. The van der Waals surface area contributed by atoms with E-state index in [-0.39, 0.29) is 48.7 Å². The molecular weight excluding hydrogens is 1690 g/mol. The number of rotatable bonds is 25. The molecule has 11 aromatic rings. The Morgan fingerprint density at radius 1 is 0.383 bits per heavy atom. The Hall–Kier alpha value is -11.2. The predicted molar refractivity (Wildman–Crippen MR) is 462 cm³/mol. The molecule has 1 fully saturated rings. The Balaban J connectivity index is 0.000000224. The third-order valence-electron chi connectivity index (χ3n) is 17.5. The summed E-state index contributed by atoms with van der Waals surface area (Å²) in [6, 6.07) is 89.3. The highest BCUT2D eigenvalue weighted by Gasteiger charge is 2.27. The van der Waals surface area contributed by atoms with E-state index in [1.807, 2.05) is 182 Å². The summed E-state index contributed by atoms with van der Waals surface area (Å²) in [6.07, 6.45) is 0.635. The average Bonchev–Trinajstić information content (AvgIpc) is 0.824. The zero-order chi connectivity index (χ0) is 88.1. The van der Waals surface area contributed by atoms with Crippen LogP contribution < -0.4 is 5.73 Å². The lowest BCUT2D eigenvalue weighted by molar-refractivity contribution is 0.0341. The summed E-state index contributed by atoms with van der Waals surface area (Å²) >= 11 is 0. The highest BCUT2D eigenvalue weighted by Crippen LogP contribution is 2.25. The number of carbonyl (C=O) groups is 2. The summed E-state index contributed by atoms with van der Waals surface area (Å²) in [5.41, 5.74) is 12.2. The molecule has 12 rings (SSSR count). The summed E-state index contributed by atoms with van der Waals surface area (Å²) in [4.78, 5) is 24.9. The van der Waals surface area contributed by atoms with Gasteiger partial charge in [0.15, 0.2) is 0 Å². The van der Waals surface area contributed by atoms with Crippen molar-refractivity contribution in [1.82, 2.24) is 26.4 Å². The Labute approximate surface area is 710 Å². The largest absolute Gasteiger partial charge is 0.379 e. The number of nitriles is 3. The molecule has 26 nitrogen and oxygen atoms in total. The van der Waals surface area contributed by atoms with E-state index in [0.29, 0.717) is 47.5 Å². The molecule has 0 spiro atoms. The quantitative estimate of drug-likeness (QED) is 0.0305. The fourth-order valence-corrected chi connectivity index (χ4v) is 17.9. The number of hydrogen-bond acceptors (Lipinski definition) is 20. The van der Waals surface area contributed by atoms with Gasteiger partial charge in [0.05, 0.1) is 77.5 Å². The number of morpholine rings is 1. The Kier molecular flexibility index (Phi) is 38.7. The molecule has 0 unspecified atom stereocenters. The van der Waals surface area contributed by atoms with Crippen LogP contribution in [0.4, 0.5) is 0 Å². The number of ether oxygens (including phenoxy) is 1. The van der Waals surface area contributed by atoms with Crippen molar-refractivity contribution in [3.05, 3.63) is 358 Å². The molecule has 0 saturated carbocycles. The maximum Gasteiger partial charge on any atom is 0.261 e. The number of nitrogens with one attached hydrogen (secondary N) is 1. The van der Waals surface area contributed by atoms with Crippen LogP contribution in [0, 0.1) is 39.2 Å². The molecule has 1 heterocycles. The SMILES string of the molecule is CN(Cc1ccccc1)S(=O)(=O)c1cccc(C#N)c1.CN(Cc1ccccc1)S(=O)(=O)c1cccc(C#N)c1.CN(Cc1ccccc1)S(=O)(=O)c1cccc(C(N)=O)c1.CN(Cc1ccccc1)S(=O)(=O)c1cccc(C=O)c1.CN(Cc1ccccc1)S(=O)(=O)c1cccc(CN2CCOCC2)c1.N#Cc1cccc(S(=O)(=O)Cl)c1.N=P. The highest BCUT2D eigenvalue weighted by atomic mass is 35.7. The van der Waals surface area contributed by atoms with Crippen molar-refractivity contribution in [1.29, 1.82) is 20.9 Å². The molecular formula is C86H89ClN11O15PS6. The second kappa shape index (κ2) is 47.6. The first-order valence-electron chi connectivity index (χ1n) is 36.2. The van der Waals surface area contributed by atoms with E-state index < -0.39 is 65.1 Å². The molecule has 1 amide bonds. The number of benzene rings is 11. The van der Waals surface area contributed by atoms with Gasteiger partial charge in [0.25, 0.3) is 9.05 Å². The van der Waals surface area contributed by atoms with Crippen molar-refractivity contribution in [2.45, 2.75) is 68.6 Å². The van der Waals surface area contributed by atoms with Crippen LogP contribution in [0.5, 0.6) is 0 Å². The molecule has 1 aliphatic rings. The summed E-state index contributed by atoms with van der Waals surface area (Å²) in [7, 11) is -6.69. The van der Waals surface area contributed by atoms with E-state index in [2.05, 4.69) is 13.9 Å². The van der Waals surface area contributed by atoms with Crippen molar-refractivity contribution in [3.8, 4) is 18.2 Å². The Morgan fingerprint density at radius 3 is 0.942 bits per heavy atom. The van der Waals surface area contributed by atoms with E-state index in [1.165, 1.54) is 135 Å². The van der Waals surface area contributed by atoms with Crippen molar-refractivity contribution >= 4 is 91.1 Å². The average molecular weight is 1780 g/mol. The zero-order valence-corrected chi connectivity index (χ0v) is 72.6. The molecule has 0 atom stereocenters. The molecule has 0 radical (unpaired) electrons. The second-order valence-electron chi connectivity index (χ2n) is 26.2. The Bertz CT molecular complexity index is 5930. The molecule has 1 aliphatic heterocycles. The van der Waals surface area contributed by atoms with Crippen molar-refractivity contribution in [2.75, 3.05) is 61.5 Å². The number of halogens is 1. The third-order valence-corrected chi connectivity index (χ3v) is 27.8. The predicted octanol–water partition coefficient (Wildman–Crippen LogP) is 13.4. The molecule has 0 aromatic heterocycles. The molecule has 34 heteroatoms. The lowest BCUT2D eigenvalue weighted by Gasteiger charge is -2.26. The van der Waals surface area contributed by atoms with Crippen LogP contribution in [-0.2, 0) is 103 Å². The minimum Gasteiger partial charge on any atom is -0.379 e. The summed E-state index contributed by atoms with van der Waals surface area (Å²) in [6.45, 7) is 5.45. The fraction of sp³-hybridized carbons (Fsp3) is 0.174. The number of sulfonamides is 5. The Morgan fingerprint density at radius 2 is 0.642 bits per heavy atom. The number of nitrogens with zero attached hydrogens (tertiary/aromatic N) is 9. The third kappa shape index (κ3) is 30.3. The first-order valence-corrected chi connectivity index (χ1v) is 46.2. The highest BCUT2D eigenvalue weighted by molar-refractivity contribution is 8.13. The van der Waals surface area contributed by atoms with Gasteiger partial charge in [-0.1, -0.05) is 200 Å². The van der Waals surface area contributed by atoms with Crippen molar-refractivity contribution < 1.29 is 64.8 Å². The number of hydrogen-bond donors (Lipinski definition) is 2. The minimum atomic E-state index is -3.71. The van der Waals surface area contributed by atoms with E-state index in [4.69, 9.17) is 42.1 Å². The van der Waals surface area contributed by atoms with Crippen LogP contribution in [-0.4, -0.2) is 151 Å². The fourth-order valence-electron chi connectivity index (χ4n) is 11.1.